The highest BCUT2D eigenvalue weighted by atomic mass is 32.2. The van der Waals surface area contributed by atoms with Gasteiger partial charge in [-0.25, -0.2) is 17.6 Å². The first-order valence-electron chi connectivity index (χ1n) is 7.14. The van der Waals surface area contributed by atoms with Crippen molar-refractivity contribution in [1.82, 2.24) is 0 Å². The number of ether oxygens (including phenoxy) is 1. The molecule has 0 fully saturated rings. The zero-order valence-corrected chi connectivity index (χ0v) is 14.0. The van der Waals surface area contributed by atoms with E-state index in [0.29, 0.717) is 16.9 Å². The second-order valence-electron chi connectivity index (χ2n) is 4.94. The first-order chi connectivity index (χ1) is 11.3. The molecule has 0 saturated heterocycles. The number of aryl methyl sites for hydroxylation is 1. The number of rotatable bonds is 5. The van der Waals surface area contributed by atoms with Crippen LogP contribution >= 0.6 is 0 Å². The van der Waals surface area contributed by atoms with E-state index in [-0.39, 0.29) is 11.5 Å². The Bertz CT molecular complexity index is 836. The van der Waals surface area contributed by atoms with Gasteiger partial charge in [-0.1, -0.05) is 0 Å². The molecule has 0 aliphatic rings. The molecule has 0 aliphatic carbocycles. The van der Waals surface area contributed by atoms with E-state index >= 15 is 0 Å². The standard InChI is InChI=1S/C16H17FN2O4S/c1-3-23-16(20)18-13-5-7-14(8-6-13)19-24(21,22)15-9-4-12(17)10-11(15)2/h4-10,19H,3H2,1-2H3,(H,18,20). The molecular formula is C16H17FN2O4S. The number of hydrogen-bond donors (Lipinski definition) is 2. The van der Waals surface area contributed by atoms with Crippen LogP contribution in [0.5, 0.6) is 0 Å². The molecule has 1 amide bonds. The summed E-state index contributed by atoms with van der Waals surface area (Å²) in [5.41, 5.74) is 1.09. The SMILES string of the molecule is CCOC(=O)Nc1ccc(NS(=O)(=O)c2ccc(F)cc2C)cc1. The molecule has 0 saturated carbocycles. The van der Waals surface area contributed by atoms with E-state index in [4.69, 9.17) is 4.74 Å². The lowest BCUT2D eigenvalue weighted by molar-refractivity contribution is 0.168. The Hall–Kier alpha value is -2.61. The van der Waals surface area contributed by atoms with Crippen LogP contribution in [0.1, 0.15) is 12.5 Å². The number of benzene rings is 2. The van der Waals surface area contributed by atoms with Gasteiger partial charge in [-0.3, -0.25) is 10.0 Å². The van der Waals surface area contributed by atoms with Crippen molar-refractivity contribution in [2.24, 2.45) is 0 Å². The first kappa shape index (κ1) is 17.7. The van der Waals surface area contributed by atoms with Gasteiger partial charge in [-0.05, 0) is 61.9 Å². The molecule has 0 atom stereocenters. The minimum absolute atomic E-state index is 0.00220. The molecule has 2 N–H and O–H groups in total. The van der Waals surface area contributed by atoms with Gasteiger partial charge in [-0.2, -0.15) is 0 Å². The van der Waals surface area contributed by atoms with Gasteiger partial charge in [0.25, 0.3) is 10.0 Å². The molecule has 2 aromatic rings. The van der Waals surface area contributed by atoms with Crippen molar-refractivity contribution in [2.75, 3.05) is 16.6 Å². The number of amides is 1. The summed E-state index contributed by atoms with van der Waals surface area (Å²) >= 11 is 0. The predicted octanol–water partition coefficient (Wildman–Crippen LogP) is 3.50. The molecular weight excluding hydrogens is 335 g/mol. The summed E-state index contributed by atoms with van der Waals surface area (Å²) in [4.78, 5) is 11.3. The highest BCUT2D eigenvalue weighted by Crippen LogP contribution is 2.21. The van der Waals surface area contributed by atoms with Crippen LogP contribution in [0.2, 0.25) is 0 Å². The maximum Gasteiger partial charge on any atom is 0.411 e. The molecule has 6 nitrogen and oxygen atoms in total. The van der Waals surface area contributed by atoms with Crippen LogP contribution in [-0.2, 0) is 14.8 Å². The Morgan fingerprint density at radius 3 is 2.33 bits per heavy atom. The van der Waals surface area contributed by atoms with Crippen molar-refractivity contribution >= 4 is 27.5 Å². The third-order valence-corrected chi connectivity index (χ3v) is 4.63. The van der Waals surface area contributed by atoms with Gasteiger partial charge in [-0.15, -0.1) is 0 Å². The Morgan fingerprint density at radius 2 is 1.75 bits per heavy atom. The molecule has 0 aliphatic heterocycles. The van der Waals surface area contributed by atoms with Gasteiger partial charge in [0.2, 0.25) is 0 Å². The van der Waals surface area contributed by atoms with Crippen molar-refractivity contribution in [3.8, 4) is 0 Å². The lowest BCUT2D eigenvalue weighted by atomic mass is 10.2. The van der Waals surface area contributed by atoms with E-state index in [1.54, 1.807) is 6.92 Å². The molecule has 0 aromatic heterocycles. The lowest BCUT2D eigenvalue weighted by Gasteiger charge is -2.11. The number of hydrogen-bond acceptors (Lipinski definition) is 4. The Kier molecular flexibility index (Phi) is 5.40. The van der Waals surface area contributed by atoms with E-state index in [2.05, 4.69) is 10.0 Å². The summed E-state index contributed by atoms with van der Waals surface area (Å²) in [7, 11) is -3.83. The van der Waals surface area contributed by atoms with Gasteiger partial charge in [0.1, 0.15) is 5.82 Å². The van der Waals surface area contributed by atoms with E-state index < -0.39 is 21.9 Å². The van der Waals surface area contributed by atoms with Gasteiger partial charge >= 0.3 is 6.09 Å². The Labute approximate surface area is 139 Å². The molecule has 0 bridgehead atoms. The second-order valence-corrected chi connectivity index (χ2v) is 6.59. The van der Waals surface area contributed by atoms with Crippen LogP contribution < -0.4 is 10.0 Å². The summed E-state index contributed by atoms with van der Waals surface area (Å²) in [6, 6.07) is 9.52. The molecule has 0 unspecified atom stereocenters. The number of nitrogens with one attached hydrogen (secondary N) is 2. The average molecular weight is 352 g/mol. The molecule has 24 heavy (non-hydrogen) atoms. The fourth-order valence-corrected chi connectivity index (χ4v) is 3.32. The molecule has 8 heteroatoms. The number of anilines is 2. The maximum atomic E-state index is 13.1. The molecule has 0 spiro atoms. The highest BCUT2D eigenvalue weighted by Gasteiger charge is 2.17. The fourth-order valence-electron chi connectivity index (χ4n) is 2.03. The summed E-state index contributed by atoms with van der Waals surface area (Å²) in [5, 5.41) is 2.50. The first-order valence-corrected chi connectivity index (χ1v) is 8.63. The highest BCUT2D eigenvalue weighted by molar-refractivity contribution is 7.92. The van der Waals surface area contributed by atoms with Crippen LogP contribution in [0.4, 0.5) is 20.6 Å². The summed E-state index contributed by atoms with van der Waals surface area (Å²) in [5.74, 6) is -0.499. The number of carbonyl (C=O) groups is 1. The summed E-state index contributed by atoms with van der Waals surface area (Å²) < 4.78 is 45.0. The smallest absolute Gasteiger partial charge is 0.411 e. The summed E-state index contributed by atoms with van der Waals surface area (Å²) in [6.45, 7) is 3.46. The number of carbonyl (C=O) groups excluding carboxylic acids is 1. The average Bonchev–Trinajstić information content (AvgIpc) is 2.48. The van der Waals surface area contributed by atoms with Crippen LogP contribution in [0.15, 0.2) is 47.4 Å². The van der Waals surface area contributed by atoms with E-state index in [9.17, 15) is 17.6 Å². The third kappa shape index (κ3) is 4.45. The largest absolute Gasteiger partial charge is 0.450 e. The van der Waals surface area contributed by atoms with E-state index in [1.165, 1.54) is 37.3 Å². The van der Waals surface area contributed by atoms with E-state index in [1.807, 2.05) is 0 Å². The van der Waals surface area contributed by atoms with Crippen LogP contribution in [-0.4, -0.2) is 21.1 Å². The van der Waals surface area contributed by atoms with Crippen molar-refractivity contribution in [2.45, 2.75) is 18.7 Å². The van der Waals surface area contributed by atoms with Crippen LogP contribution in [0, 0.1) is 12.7 Å². The molecule has 0 heterocycles. The zero-order valence-electron chi connectivity index (χ0n) is 13.2. The Morgan fingerprint density at radius 1 is 1.12 bits per heavy atom. The minimum atomic E-state index is -3.83. The van der Waals surface area contributed by atoms with Crippen molar-refractivity contribution in [3.63, 3.8) is 0 Å². The number of sulfonamides is 1. The van der Waals surface area contributed by atoms with Gasteiger partial charge < -0.3 is 4.74 Å². The van der Waals surface area contributed by atoms with E-state index in [0.717, 1.165) is 12.1 Å². The normalized spacial score (nSPS) is 11.0. The molecule has 0 radical (unpaired) electrons. The van der Waals surface area contributed by atoms with Crippen LogP contribution in [0.3, 0.4) is 0 Å². The fraction of sp³-hybridized carbons (Fsp3) is 0.188. The lowest BCUT2D eigenvalue weighted by Crippen LogP contribution is -2.15. The number of halogens is 1. The van der Waals surface area contributed by atoms with Gasteiger partial charge in [0.05, 0.1) is 11.5 Å². The minimum Gasteiger partial charge on any atom is -0.450 e. The Balaban J connectivity index is 2.14. The van der Waals surface area contributed by atoms with Crippen molar-refractivity contribution in [1.29, 1.82) is 0 Å². The van der Waals surface area contributed by atoms with Crippen LogP contribution in [0.25, 0.3) is 0 Å². The second kappa shape index (κ2) is 7.31. The quantitative estimate of drug-likeness (QED) is 0.862. The molecule has 128 valence electrons. The molecule has 2 aromatic carbocycles. The van der Waals surface area contributed by atoms with Gasteiger partial charge in [0.15, 0.2) is 0 Å². The zero-order chi connectivity index (χ0) is 17.7. The maximum absolute atomic E-state index is 13.1. The predicted molar refractivity (Wildman–Crippen MR) is 89.0 cm³/mol. The summed E-state index contributed by atoms with van der Waals surface area (Å²) in [6.07, 6.45) is -0.590. The molecule has 2 rings (SSSR count). The topological polar surface area (TPSA) is 84.5 Å². The monoisotopic (exact) mass is 352 g/mol. The third-order valence-electron chi connectivity index (χ3n) is 3.09. The van der Waals surface area contributed by atoms with Gasteiger partial charge in [0, 0.05) is 11.4 Å². The van der Waals surface area contributed by atoms with Crippen molar-refractivity contribution in [3.05, 3.63) is 53.8 Å². The van der Waals surface area contributed by atoms with Crippen molar-refractivity contribution < 1.29 is 22.3 Å².